The van der Waals surface area contributed by atoms with Crippen molar-refractivity contribution in [1.82, 2.24) is 0 Å². The fourth-order valence-electron chi connectivity index (χ4n) is 1.52. The molecule has 19 heavy (non-hydrogen) atoms. The van der Waals surface area contributed by atoms with Crippen LogP contribution in [0.15, 0.2) is 24.3 Å². The first-order valence-electron chi connectivity index (χ1n) is 5.48. The van der Waals surface area contributed by atoms with Crippen LogP contribution in [0.5, 0.6) is 0 Å². The summed E-state index contributed by atoms with van der Waals surface area (Å²) in [5.41, 5.74) is 11.9. The van der Waals surface area contributed by atoms with Crippen molar-refractivity contribution in [1.29, 1.82) is 0 Å². The van der Waals surface area contributed by atoms with Crippen molar-refractivity contribution < 1.29 is 24.3 Å². The zero-order valence-corrected chi connectivity index (χ0v) is 11.2. The van der Waals surface area contributed by atoms with Gasteiger partial charge in [-0.15, -0.1) is 0 Å². The molecule has 0 aliphatic rings. The standard InChI is InChI=1S/C11H17N2O5P/c1-11(13,19(16,17)18)8-4-2-3-7(5-8)6-9(12)10(14)15/h2-5,9H,6,12-13H2,1H3,(H,14,15)(H2,16,17,18)/t9-,11?/m0/s1. The number of carbonyl (C=O) groups is 1. The monoisotopic (exact) mass is 288 g/mol. The molecular formula is C11H17N2O5P. The first kappa shape index (κ1) is 15.8. The molecule has 0 amide bonds. The van der Waals surface area contributed by atoms with Crippen LogP contribution in [0, 0.1) is 0 Å². The van der Waals surface area contributed by atoms with Crippen molar-refractivity contribution in [3.63, 3.8) is 0 Å². The van der Waals surface area contributed by atoms with Gasteiger partial charge in [0.25, 0.3) is 0 Å². The van der Waals surface area contributed by atoms with E-state index in [0.29, 0.717) is 5.56 Å². The normalized spacial score (nSPS) is 16.7. The molecular weight excluding hydrogens is 271 g/mol. The summed E-state index contributed by atoms with van der Waals surface area (Å²) in [5.74, 6) is -1.14. The van der Waals surface area contributed by atoms with Crippen LogP contribution < -0.4 is 11.5 Å². The number of nitrogens with two attached hydrogens (primary N) is 2. The molecule has 0 radical (unpaired) electrons. The van der Waals surface area contributed by atoms with Crippen LogP contribution in [0.2, 0.25) is 0 Å². The maximum absolute atomic E-state index is 11.3. The molecule has 0 bridgehead atoms. The van der Waals surface area contributed by atoms with E-state index in [0.717, 1.165) is 0 Å². The molecule has 0 saturated heterocycles. The van der Waals surface area contributed by atoms with Crippen LogP contribution in [0.1, 0.15) is 18.1 Å². The lowest BCUT2D eigenvalue weighted by Crippen LogP contribution is -2.34. The van der Waals surface area contributed by atoms with E-state index in [-0.39, 0.29) is 12.0 Å². The number of aliphatic carboxylic acids is 1. The van der Waals surface area contributed by atoms with Crippen LogP contribution in [0.3, 0.4) is 0 Å². The van der Waals surface area contributed by atoms with Crippen LogP contribution in [0.4, 0.5) is 0 Å². The minimum atomic E-state index is -4.53. The van der Waals surface area contributed by atoms with Crippen molar-refractivity contribution >= 4 is 13.6 Å². The highest BCUT2D eigenvalue weighted by atomic mass is 31.2. The molecule has 0 aliphatic heterocycles. The third-order valence-corrected chi connectivity index (χ3v) is 4.36. The summed E-state index contributed by atoms with van der Waals surface area (Å²) < 4.78 is 11.3. The molecule has 1 unspecified atom stereocenters. The molecule has 106 valence electrons. The second-order valence-corrected chi connectivity index (χ2v) is 6.56. The Labute approximate surface area is 110 Å². The van der Waals surface area contributed by atoms with Gasteiger partial charge in [-0.25, -0.2) is 0 Å². The first-order valence-corrected chi connectivity index (χ1v) is 7.09. The van der Waals surface area contributed by atoms with E-state index >= 15 is 0 Å². The zero-order valence-electron chi connectivity index (χ0n) is 10.4. The minimum Gasteiger partial charge on any atom is -0.480 e. The molecule has 7 N–H and O–H groups in total. The van der Waals surface area contributed by atoms with Gasteiger partial charge < -0.3 is 26.4 Å². The van der Waals surface area contributed by atoms with Crippen molar-refractivity contribution in [2.24, 2.45) is 11.5 Å². The Hall–Kier alpha value is -1.24. The van der Waals surface area contributed by atoms with Crippen molar-refractivity contribution in [2.75, 3.05) is 0 Å². The second kappa shape index (κ2) is 5.40. The van der Waals surface area contributed by atoms with Crippen molar-refractivity contribution in [2.45, 2.75) is 24.7 Å². The van der Waals surface area contributed by atoms with Gasteiger partial charge in [-0.1, -0.05) is 24.3 Å². The molecule has 2 atom stereocenters. The third-order valence-electron chi connectivity index (χ3n) is 2.89. The lowest BCUT2D eigenvalue weighted by molar-refractivity contribution is -0.138. The highest BCUT2D eigenvalue weighted by Gasteiger charge is 2.40. The largest absolute Gasteiger partial charge is 0.480 e. The van der Waals surface area contributed by atoms with Crippen LogP contribution in [0.25, 0.3) is 0 Å². The highest BCUT2D eigenvalue weighted by Crippen LogP contribution is 2.52. The van der Waals surface area contributed by atoms with E-state index in [4.69, 9.17) is 16.6 Å². The summed E-state index contributed by atoms with van der Waals surface area (Å²) in [7, 11) is -4.53. The lowest BCUT2D eigenvalue weighted by atomic mass is 10.0. The van der Waals surface area contributed by atoms with Gasteiger partial charge in [0, 0.05) is 0 Å². The van der Waals surface area contributed by atoms with E-state index < -0.39 is 24.9 Å². The van der Waals surface area contributed by atoms with Gasteiger partial charge in [0.15, 0.2) is 0 Å². The predicted molar refractivity (Wildman–Crippen MR) is 69.3 cm³/mol. The fraction of sp³-hybridized carbons (Fsp3) is 0.364. The Morgan fingerprint density at radius 2 is 2.05 bits per heavy atom. The molecule has 0 aliphatic carbocycles. The Kier molecular flexibility index (Phi) is 4.50. The van der Waals surface area contributed by atoms with Crippen molar-refractivity contribution in [3.8, 4) is 0 Å². The third kappa shape index (κ3) is 3.62. The van der Waals surface area contributed by atoms with Gasteiger partial charge in [-0.3, -0.25) is 9.36 Å². The molecule has 1 aromatic carbocycles. The fourth-order valence-corrected chi connectivity index (χ4v) is 2.00. The van der Waals surface area contributed by atoms with Crippen LogP contribution >= 0.6 is 7.60 Å². The summed E-state index contributed by atoms with van der Waals surface area (Å²) in [5, 5.41) is 6.90. The number of carboxylic acids is 1. The van der Waals surface area contributed by atoms with Gasteiger partial charge >= 0.3 is 13.6 Å². The predicted octanol–water partition coefficient (Wildman–Crippen LogP) is -0.0499. The molecule has 8 heteroatoms. The molecule has 0 heterocycles. The van der Waals surface area contributed by atoms with E-state index in [2.05, 4.69) is 0 Å². The summed E-state index contributed by atoms with van der Waals surface area (Å²) in [6, 6.07) is 5.05. The maximum Gasteiger partial charge on any atom is 0.349 e. The van der Waals surface area contributed by atoms with Gasteiger partial charge in [0.1, 0.15) is 11.3 Å². The summed E-state index contributed by atoms with van der Waals surface area (Å²) >= 11 is 0. The number of hydrogen-bond acceptors (Lipinski definition) is 4. The average molecular weight is 288 g/mol. The lowest BCUT2D eigenvalue weighted by Gasteiger charge is -2.26. The Morgan fingerprint density at radius 3 is 2.53 bits per heavy atom. The number of hydrogen-bond donors (Lipinski definition) is 5. The number of rotatable bonds is 5. The molecule has 1 aromatic rings. The smallest absolute Gasteiger partial charge is 0.349 e. The molecule has 1 rings (SSSR count). The van der Waals surface area contributed by atoms with E-state index in [9.17, 15) is 19.1 Å². The van der Waals surface area contributed by atoms with Crippen molar-refractivity contribution in [3.05, 3.63) is 35.4 Å². The van der Waals surface area contributed by atoms with E-state index in [1.165, 1.54) is 19.1 Å². The molecule has 0 fully saturated rings. The van der Waals surface area contributed by atoms with Crippen LogP contribution in [-0.4, -0.2) is 26.9 Å². The Bertz CT molecular complexity index is 526. The highest BCUT2D eigenvalue weighted by molar-refractivity contribution is 7.53. The number of benzene rings is 1. The summed E-state index contributed by atoms with van der Waals surface area (Å²) in [6.07, 6.45) is 0.0560. The van der Waals surface area contributed by atoms with E-state index in [1.807, 2.05) is 0 Å². The quantitative estimate of drug-likeness (QED) is 0.477. The Balaban J connectivity index is 3.08. The number of carboxylic acid groups (broad SMARTS) is 1. The SMILES string of the molecule is CC(N)(c1cccc(C[C@H](N)C(=O)O)c1)P(=O)(O)O. The van der Waals surface area contributed by atoms with Gasteiger partial charge in [0.2, 0.25) is 0 Å². The molecule has 0 spiro atoms. The summed E-state index contributed by atoms with van der Waals surface area (Å²) in [4.78, 5) is 29.1. The Morgan fingerprint density at radius 1 is 1.47 bits per heavy atom. The second-order valence-electron chi connectivity index (χ2n) is 4.54. The molecule has 0 saturated carbocycles. The van der Waals surface area contributed by atoms with Gasteiger partial charge in [0.05, 0.1) is 0 Å². The van der Waals surface area contributed by atoms with Gasteiger partial charge in [-0.05, 0) is 24.5 Å². The van der Waals surface area contributed by atoms with Gasteiger partial charge in [-0.2, -0.15) is 0 Å². The molecule has 7 nitrogen and oxygen atoms in total. The summed E-state index contributed by atoms with van der Waals surface area (Å²) in [6.45, 7) is 1.23. The van der Waals surface area contributed by atoms with E-state index in [1.54, 1.807) is 12.1 Å². The zero-order chi connectivity index (χ0) is 14.8. The topological polar surface area (TPSA) is 147 Å². The minimum absolute atomic E-state index is 0.0560. The average Bonchev–Trinajstić information content (AvgIpc) is 2.27. The first-order chi connectivity index (χ1) is 8.55. The maximum atomic E-state index is 11.3. The molecule has 0 aromatic heterocycles. The van der Waals surface area contributed by atoms with Crippen LogP contribution in [-0.2, 0) is 21.1 Å².